The molecule has 1 aliphatic heterocycles. The van der Waals surface area contributed by atoms with Gasteiger partial charge in [-0.3, -0.25) is 9.59 Å². The van der Waals surface area contributed by atoms with Gasteiger partial charge in [-0.1, -0.05) is 23.5 Å². The number of carbonyl (C=O) groups excluding carboxylic acids is 2. The molecule has 172 valence electrons. The van der Waals surface area contributed by atoms with E-state index in [0.29, 0.717) is 54.7 Å². The van der Waals surface area contributed by atoms with E-state index in [1.165, 1.54) is 18.2 Å². The van der Waals surface area contributed by atoms with Crippen molar-refractivity contribution in [3.63, 3.8) is 0 Å². The zero-order chi connectivity index (χ0) is 23.2. The summed E-state index contributed by atoms with van der Waals surface area (Å²) < 4.78 is 24.4. The normalized spacial score (nSPS) is 13.3. The fraction of sp³-hybridized carbons (Fsp3) is 0.304. The van der Waals surface area contributed by atoms with Gasteiger partial charge in [0.15, 0.2) is 11.5 Å². The van der Waals surface area contributed by atoms with Gasteiger partial charge in [-0.25, -0.2) is 4.39 Å². The van der Waals surface area contributed by atoms with Crippen LogP contribution in [0, 0.1) is 5.82 Å². The number of aryl methyl sites for hydroxylation is 1. The van der Waals surface area contributed by atoms with Crippen LogP contribution >= 0.6 is 11.3 Å². The van der Waals surface area contributed by atoms with Gasteiger partial charge in [0, 0.05) is 18.5 Å². The molecule has 10 heteroatoms. The summed E-state index contributed by atoms with van der Waals surface area (Å²) in [7, 11) is 0. The van der Waals surface area contributed by atoms with E-state index >= 15 is 0 Å². The number of anilines is 1. The molecule has 2 N–H and O–H groups in total. The Morgan fingerprint density at radius 1 is 1.12 bits per heavy atom. The van der Waals surface area contributed by atoms with Crippen molar-refractivity contribution >= 4 is 28.8 Å². The molecule has 1 atom stereocenters. The Kier molecular flexibility index (Phi) is 7.13. The minimum absolute atomic E-state index is 0.0778. The number of hydrogen-bond acceptors (Lipinski definition) is 7. The summed E-state index contributed by atoms with van der Waals surface area (Å²) in [6.45, 7) is 2.96. The second-order valence-corrected chi connectivity index (χ2v) is 8.57. The highest BCUT2D eigenvalue weighted by Gasteiger charge is 2.17. The topological polar surface area (TPSA) is 102 Å². The van der Waals surface area contributed by atoms with Gasteiger partial charge in [-0.05, 0) is 49.2 Å². The third-order valence-corrected chi connectivity index (χ3v) is 5.96. The van der Waals surface area contributed by atoms with E-state index in [4.69, 9.17) is 9.47 Å². The van der Waals surface area contributed by atoms with Gasteiger partial charge in [0.2, 0.25) is 10.9 Å². The standard InChI is InChI=1S/C23H23FN4O4S/c1-14(15-8-9-18-19(12-15)32-11-10-31-18)25-20(29)6-3-7-21-27-28-23(33-21)22(30)26-17-5-2-4-16(24)13-17/h2,4-5,8-9,12-14H,3,6-7,10-11H2,1H3,(H,25,29)(H,26,30)/t14-/m0/s1. The number of rotatable bonds is 8. The quantitative estimate of drug-likeness (QED) is 0.518. The van der Waals surface area contributed by atoms with Crippen molar-refractivity contribution in [2.24, 2.45) is 0 Å². The summed E-state index contributed by atoms with van der Waals surface area (Å²) in [6.07, 6.45) is 1.41. The van der Waals surface area contributed by atoms with Crippen molar-refractivity contribution < 1.29 is 23.5 Å². The highest BCUT2D eigenvalue weighted by atomic mass is 32.1. The molecule has 0 spiro atoms. The van der Waals surface area contributed by atoms with E-state index in [1.54, 1.807) is 6.07 Å². The van der Waals surface area contributed by atoms with Crippen molar-refractivity contribution in [2.75, 3.05) is 18.5 Å². The van der Waals surface area contributed by atoms with Gasteiger partial charge in [0.25, 0.3) is 5.91 Å². The molecule has 2 heterocycles. The highest BCUT2D eigenvalue weighted by Crippen LogP contribution is 2.32. The first-order valence-electron chi connectivity index (χ1n) is 10.6. The number of benzene rings is 2. The average molecular weight is 471 g/mol. The Morgan fingerprint density at radius 2 is 1.94 bits per heavy atom. The van der Waals surface area contributed by atoms with Gasteiger partial charge in [-0.15, -0.1) is 10.2 Å². The summed E-state index contributed by atoms with van der Waals surface area (Å²) in [5.41, 5.74) is 1.28. The molecule has 33 heavy (non-hydrogen) atoms. The molecule has 0 fully saturated rings. The molecule has 4 rings (SSSR count). The molecule has 1 aliphatic rings. The van der Waals surface area contributed by atoms with Gasteiger partial charge < -0.3 is 20.1 Å². The summed E-state index contributed by atoms with van der Waals surface area (Å²) in [6, 6.07) is 11.1. The summed E-state index contributed by atoms with van der Waals surface area (Å²) in [5, 5.41) is 14.3. The number of carbonyl (C=O) groups is 2. The number of aromatic nitrogens is 2. The maximum absolute atomic E-state index is 13.3. The Labute approximate surface area is 194 Å². The first kappa shape index (κ1) is 22.7. The number of ether oxygens (including phenoxy) is 2. The molecule has 2 amide bonds. The van der Waals surface area contributed by atoms with Crippen LogP contribution in [0.2, 0.25) is 0 Å². The fourth-order valence-electron chi connectivity index (χ4n) is 3.32. The fourth-order valence-corrected chi connectivity index (χ4v) is 4.10. The number of hydrogen-bond donors (Lipinski definition) is 2. The maximum atomic E-state index is 13.3. The zero-order valence-electron chi connectivity index (χ0n) is 18.0. The van der Waals surface area contributed by atoms with Crippen LogP contribution in [0.1, 0.15) is 46.2 Å². The Hall–Kier alpha value is -3.53. The molecule has 0 aliphatic carbocycles. The molecule has 0 saturated carbocycles. The van der Waals surface area contributed by atoms with Gasteiger partial charge in [0.1, 0.15) is 24.0 Å². The third kappa shape index (κ3) is 6.04. The molecule has 0 saturated heterocycles. The SMILES string of the molecule is C[C@H](NC(=O)CCCc1nnc(C(=O)Nc2cccc(F)c2)s1)c1ccc2c(c1)OCCO2. The predicted octanol–water partition coefficient (Wildman–Crippen LogP) is 3.90. The van der Waals surface area contributed by atoms with Crippen LogP contribution in [0.3, 0.4) is 0 Å². The van der Waals surface area contributed by atoms with Crippen molar-refractivity contribution in [3.8, 4) is 11.5 Å². The molecule has 3 aromatic rings. The van der Waals surface area contributed by atoms with Crippen LogP contribution in [0.5, 0.6) is 11.5 Å². The van der Waals surface area contributed by atoms with Gasteiger partial charge in [-0.2, -0.15) is 0 Å². The Balaban J connectivity index is 1.23. The number of amides is 2. The lowest BCUT2D eigenvalue weighted by Crippen LogP contribution is -2.26. The first-order chi connectivity index (χ1) is 16.0. The van der Waals surface area contributed by atoms with E-state index < -0.39 is 11.7 Å². The van der Waals surface area contributed by atoms with Crippen LogP contribution in [0.25, 0.3) is 0 Å². The van der Waals surface area contributed by atoms with Crippen molar-refractivity contribution in [1.82, 2.24) is 15.5 Å². The van der Waals surface area contributed by atoms with E-state index in [9.17, 15) is 14.0 Å². The second kappa shape index (κ2) is 10.4. The largest absolute Gasteiger partial charge is 0.486 e. The van der Waals surface area contributed by atoms with Crippen LogP contribution in [0.4, 0.5) is 10.1 Å². The lowest BCUT2D eigenvalue weighted by atomic mass is 10.1. The highest BCUT2D eigenvalue weighted by molar-refractivity contribution is 7.13. The lowest BCUT2D eigenvalue weighted by Gasteiger charge is -2.21. The second-order valence-electron chi connectivity index (χ2n) is 7.51. The minimum atomic E-state index is -0.449. The summed E-state index contributed by atoms with van der Waals surface area (Å²) >= 11 is 1.15. The minimum Gasteiger partial charge on any atom is -0.486 e. The molecule has 0 bridgehead atoms. The zero-order valence-corrected chi connectivity index (χ0v) is 18.8. The predicted molar refractivity (Wildman–Crippen MR) is 121 cm³/mol. The van der Waals surface area contributed by atoms with Gasteiger partial charge in [0.05, 0.1) is 6.04 Å². The Bertz CT molecular complexity index is 1150. The Morgan fingerprint density at radius 3 is 2.76 bits per heavy atom. The van der Waals surface area contributed by atoms with Crippen molar-refractivity contribution in [1.29, 1.82) is 0 Å². The molecule has 2 aromatic carbocycles. The van der Waals surface area contributed by atoms with Crippen LogP contribution in [-0.4, -0.2) is 35.2 Å². The number of nitrogens with zero attached hydrogens (tertiary/aromatic N) is 2. The molecular weight excluding hydrogens is 447 g/mol. The monoisotopic (exact) mass is 470 g/mol. The van der Waals surface area contributed by atoms with Gasteiger partial charge >= 0.3 is 0 Å². The summed E-state index contributed by atoms with van der Waals surface area (Å²) in [5.74, 6) is 0.437. The first-order valence-corrected chi connectivity index (χ1v) is 11.4. The number of halogens is 1. The third-order valence-electron chi connectivity index (χ3n) is 4.98. The van der Waals surface area contributed by atoms with E-state index in [2.05, 4.69) is 20.8 Å². The van der Waals surface area contributed by atoms with Crippen LogP contribution in [-0.2, 0) is 11.2 Å². The van der Waals surface area contributed by atoms with E-state index in [0.717, 1.165) is 16.9 Å². The lowest BCUT2D eigenvalue weighted by molar-refractivity contribution is -0.121. The molecule has 0 radical (unpaired) electrons. The molecule has 0 unspecified atom stereocenters. The molecule has 8 nitrogen and oxygen atoms in total. The van der Waals surface area contributed by atoms with Crippen molar-refractivity contribution in [3.05, 3.63) is 63.9 Å². The van der Waals surface area contributed by atoms with Crippen LogP contribution in [0.15, 0.2) is 42.5 Å². The number of nitrogens with one attached hydrogen (secondary N) is 2. The molecular formula is C23H23FN4O4S. The summed E-state index contributed by atoms with van der Waals surface area (Å²) in [4.78, 5) is 24.6. The number of fused-ring (bicyclic) bond motifs is 1. The smallest absolute Gasteiger partial charge is 0.286 e. The molecule has 1 aromatic heterocycles. The van der Waals surface area contributed by atoms with Crippen molar-refractivity contribution in [2.45, 2.75) is 32.2 Å². The van der Waals surface area contributed by atoms with Crippen LogP contribution < -0.4 is 20.1 Å². The maximum Gasteiger partial charge on any atom is 0.286 e. The average Bonchev–Trinajstić information content (AvgIpc) is 3.28. The van der Waals surface area contributed by atoms with E-state index in [1.807, 2.05) is 25.1 Å². The van der Waals surface area contributed by atoms with E-state index in [-0.39, 0.29) is 17.0 Å².